The summed E-state index contributed by atoms with van der Waals surface area (Å²) < 4.78 is 33.4. The Morgan fingerprint density at radius 2 is 1.84 bits per heavy atom. The lowest BCUT2D eigenvalue weighted by Crippen LogP contribution is -2.39. The highest BCUT2D eigenvalue weighted by atomic mass is 16.5. The number of amides is 2. The highest BCUT2D eigenvalue weighted by Crippen LogP contribution is 2.41. The number of hydrogen-bond acceptors (Lipinski definition) is 8. The minimum absolute atomic E-state index is 0.0330. The van der Waals surface area contributed by atoms with Gasteiger partial charge >= 0.3 is 6.03 Å². The minimum Gasteiger partial charge on any atom is -0.493 e. The number of rotatable bonds is 11. The molecule has 3 aromatic rings. The van der Waals surface area contributed by atoms with Crippen LogP contribution in [0.4, 0.5) is 10.5 Å². The standard InChI is InChI=1S/C27H33N3O7/c1-5-35-22-11-7-6-10-21(22)28-27(31)30(17-20-9-8-12-36-20)16-19-15-23(37-29-19)18-13-24(32-2)26(34-4)25(14-18)33-3/h6-7,10-11,13-15,20H,5,8-9,12,16-17H2,1-4H3,(H,28,31). The second-order valence-corrected chi connectivity index (χ2v) is 8.47. The number of carbonyl (C=O) groups excluding carboxylic acids is 1. The van der Waals surface area contributed by atoms with Gasteiger partial charge in [-0.15, -0.1) is 0 Å². The van der Waals surface area contributed by atoms with Crippen LogP contribution < -0.4 is 24.3 Å². The summed E-state index contributed by atoms with van der Waals surface area (Å²) in [5.74, 6) is 2.61. The quantitative estimate of drug-likeness (QED) is 0.384. The molecule has 0 spiro atoms. The van der Waals surface area contributed by atoms with E-state index in [-0.39, 0.29) is 18.7 Å². The average Bonchev–Trinajstić information content (AvgIpc) is 3.61. The number of anilines is 1. The van der Waals surface area contributed by atoms with E-state index in [9.17, 15) is 4.79 Å². The lowest BCUT2D eigenvalue weighted by Gasteiger charge is -2.25. The molecule has 1 aromatic heterocycles. The number of urea groups is 1. The lowest BCUT2D eigenvalue weighted by atomic mass is 10.1. The van der Waals surface area contributed by atoms with Crippen molar-refractivity contribution in [3.05, 3.63) is 48.2 Å². The zero-order chi connectivity index (χ0) is 26.2. The Bertz CT molecular complexity index is 1170. The van der Waals surface area contributed by atoms with Gasteiger partial charge in [0.05, 0.1) is 46.3 Å². The first-order chi connectivity index (χ1) is 18.1. The van der Waals surface area contributed by atoms with Crippen LogP contribution in [0.25, 0.3) is 11.3 Å². The van der Waals surface area contributed by atoms with Crippen LogP contribution in [0.2, 0.25) is 0 Å². The summed E-state index contributed by atoms with van der Waals surface area (Å²) in [5.41, 5.74) is 1.90. The van der Waals surface area contributed by atoms with Gasteiger partial charge in [0.2, 0.25) is 5.75 Å². The van der Waals surface area contributed by atoms with Crippen LogP contribution in [0, 0.1) is 0 Å². The molecule has 1 atom stereocenters. The van der Waals surface area contributed by atoms with Gasteiger partial charge in [-0.3, -0.25) is 0 Å². The number of ether oxygens (including phenoxy) is 5. The Morgan fingerprint density at radius 1 is 1.08 bits per heavy atom. The topological polar surface area (TPSA) is 105 Å². The van der Waals surface area contributed by atoms with Gasteiger partial charge < -0.3 is 38.4 Å². The molecule has 1 aliphatic rings. The first kappa shape index (κ1) is 26.2. The third-order valence-corrected chi connectivity index (χ3v) is 6.02. The lowest BCUT2D eigenvalue weighted by molar-refractivity contribution is 0.0814. The fraction of sp³-hybridized carbons (Fsp3) is 0.407. The molecule has 0 aliphatic carbocycles. The maximum Gasteiger partial charge on any atom is 0.322 e. The minimum atomic E-state index is -0.278. The number of para-hydroxylation sites is 2. The van der Waals surface area contributed by atoms with E-state index in [4.69, 9.17) is 28.2 Å². The summed E-state index contributed by atoms with van der Waals surface area (Å²) in [7, 11) is 4.66. The molecular weight excluding hydrogens is 478 g/mol. The number of methoxy groups -OCH3 is 3. The van der Waals surface area contributed by atoms with Gasteiger partial charge in [0.25, 0.3) is 0 Å². The molecule has 1 unspecified atom stereocenters. The molecule has 1 saturated heterocycles. The molecule has 10 heteroatoms. The fourth-order valence-corrected chi connectivity index (χ4v) is 4.24. The second-order valence-electron chi connectivity index (χ2n) is 8.47. The van der Waals surface area contributed by atoms with Gasteiger partial charge in [0, 0.05) is 24.8 Å². The van der Waals surface area contributed by atoms with Gasteiger partial charge in [-0.25, -0.2) is 4.79 Å². The van der Waals surface area contributed by atoms with Gasteiger partial charge in [0.15, 0.2) is 17.3 Å². The Balaban J connectivity index is 1.56. The Labute approximate surface area is 216 Å². The van der Waals surface area contributed by atoms with Crippen molar-refractivity contribution in [1.82, 2.24) is 10.1 Å². The molecule has 0 radical (unpaired) electrons. The van der Waals surface area contributed by atoms with E-state index in [0.29, 0.717) is 65.5 Å². The van der Waals surface area contributed by atoms with Crippen LogP contribution in [0.5, 0.6) is 23.0 Å². The SMILES string of the molecule is CCOc1ccccc1NC(=O)N(Cc1cc(-c2cc(OC)c(OC)c(OC)c2)on1)CC1CCCO1. The number of aromatic nitrogens is 1. The Kier molecular flexibility index (Phi) is 8.73. The van der Waals surface area contributed by atoms with Gasteiger partial charge in [-0.1, -0.05) is 17.3 Å². The molecule has 2 heterocycles. The molecule has 2 aromatic carbocycles. The van der Waals surface area contributed by atoms with E-state index in [2.05, 4.69) is 10.5 Å². The summed E-state index contributed by atoms with van der Waals surface area (Å²) in [5, 5.41) is 7.19. The highest BCUT2D eigenvalue weighted by molar-refractivity contribution is 5.91. The van der Waals surface area contributed by atoms with Crippen LogP contribution in [-0.2, 0) is 11.3 Å². The van der Waals surface area contributed by atoms with Crippen molar-refractivity contribution in [3.63, 3.8) is 0 Å². The summed E-state index contributed by atoms with van der Waals surface area (Å²) in [4.78, 5) is 15.1. The molecule has 198 valence electrons. The van der Waals surface area contributed by atoms with E-state index < -0.39 is 0 Å². The van der Waals surface area contributed by atoms with Crippen molar-refractivity contribution < 1.29 is 33.0 Å². The molecule has 1 fully saturated rings. The van der Waals surface area contributed by atoms with Crippen LogP contribution >= 0.6 is 0 Å². The zero-order valence-corrected chi connectivity index (χ0v) is 21.6. The third kappa shape index (κ3) is 6.26. The summed E-state index contributed by atoms with van der Waals surface area (Å²) in [6.07, 6.45) is 1.84. The number of hydrogen-bond donors (Lipinski definition) is 1. The molecule has 37 heavy (non-hydrogen) atoms. The van der Waals surface area contributed by atoms with Gasteiger partial charge in [0.1, 0.15) is 11.4 Å². The molecule has 1 aliphatic heterocycles. The monoisotopic (exact) mass is 511 g/mol. The first-order valence-corrected chi connectivity index (χ1v) is 12.2. The first-order valence-electron chi connectivity index (χ1n) is 12.2. The van der Waals surface area contributed by atoms with E-state index >= 15 is 0 Å². The van der Waals surface area contributed by atoms with E-state index in [1.165, 1.54) is 0 Å². The van der Waals surface area contributed by atoms with E-state index in [0.717, 1.165) is 12.8 Å². The van der Waals surface area contributed by atoms with E-state index in [1.54, 1.807) is 44.4 Å². The van der Waals surface area contributed by atoms with Gasteiger partial charge in [-0.05, 0) is 44.0 Å². The van der Waals surface area contributed by atoms with Crippen LogP contribution in [0.3, 0.4) is 0 Å². The van der Waals surface area contributed by atoms with Gasteiger partial charge in [-0.2, -0.15) is 0 Å². The van der Waals surface area contributed by atoms with Crippen molar-refractivity contribution >= 4 is 11.7 Å². The Hall–Kier alpha value is -3.92. The van der Waals surface area contributed by atoms with Crippen molar-refractivity contribution in [1.29, 1.82) is 0 Å². The highest BCUT2D eigenvalue weighted by Gasteiger charge is 2.25. The van der Waals surface area contributed by atoms with Crippen LogP contribution in [0.1, 0.15) is 25.5 Å². The molecule has 0 bridgehead atoms. The molecule has 0 saturated carbocycles. The van der Waals surface area contributed by atoms with Crippen LogP contribution in [-0.4, -0.2) is 63.3 Å². The number of nitrogens with zero attached hydrogens (tertiary/aromatic N) is 2. The normalized spacial score (nSPS) is 14.8. The predicted octanol–water partition coefficient (Wildman–Crippen LogP) is 4.98. The number of nitrogens with one attached hydrogen (secondary N) is 1. The molecule has 1 N–H and O–H groups in total. The maximum atomic E-state index is 13.4. The molecule has 2 amide bonds. The zero-order valence-electron chi connectivity index (χ0n) is 21.6. The van der Waals surface area contributed by atoms with Crippen molar-refractivity contribution in [2.75, 3.05) is 46.4 Å². The number of benzene rings is 2. The fourth-order valence-electron chi connectivity index (χ4n) is 4.24. The average molecular weight is 512 g/mol. The maximum absolute atomic E-state index is 13.4. The molecule has 10 nitrogen and oxygen atoms in total. The predicted molar refractivity (Wildman–Crippen MR) is 138 cm³/mol. The number of carbonyl (C=O) groups is 1. The van der Waals surface area contributed by atoms with Crippen molar-refractivity contribution in [2.24, 2.45) is 0 Å². The largest absolute Gasteiger partial charge is 0.493 e. The van der Waals surface area contributed by atoms with Crippen molar-refractivity contribution in [2.45, 2.75) is 32.4 Å². The van der Waals surface area contributed by atoms with Crippen molar-refractivity contribution in [3.8, 4) is 34.3 Å². The summed E-state index contributed by atoms with van der Waals surface area (Å²) in [6.45, 7) is 3.75. The van der Waals surface area contributed by atoms with E-state index in [1.807, 2.05) is 31.2 Å². The molecular formula is C27H33N3O7. The second kappa shape index (κ2) is 12.4. The Morgan fingerprint density at radius 3 is 2.49 bits per heavy atom. The van der Waals surface area contributed by atoms with Crippen LogP contribution in [0.15, 0.2) is 47.0 Å². The summed E-state index contributed by atoms with van der Waals surface area (Å²) in [6, 6.07) is 12.4. The molecule has 4 rings (SSSR count). The summed E-state index contributed by atoms with van der Waals surface area (Å²) >= 11 is 0. The third-order valence-electron chi connectivity index (χ3n) is 6.02. The smallest absolute Gasteiger partial charge is 0.322 e.